The number of amides is 4. The average Bonchev–Trinajstić information content (AvgIpc) is 3.42. The summed E-state index contributed by atoms with van der Waals surface area (Å²) < 4.78 is 16.1. The number of imide groups is 1. The first-order valence-corrected chi connectivity index (χ1v) is 13.3. The number of nitrogens with zero attached hydrogens (tertiary/aromatic N) is 1. The fraction of sp³-hybridized carbons (Fsp3) is 0.538. The molecule has 0 unspecified atom stereocenters. The first-order chi connectivity index (χ1) is 18.0. The lowest BCUT2D eigenvalue weighted by Gasteiger charge is -2.23. The van der Waals surface area contributed by atoms with Crippen LogP contribution in [0.2, 0.25) is 0 Å². The predicted octanol–water partition coefficient (Wildman–Crippen LogP) is 3.42. The van der Waals surface area contributed by atoms with Gasteiger partial charge >= 0.3 is 6.09 Å². The van der Waals surface area contributed by atoms with Crippen LogP contribution >= 0.6 is 11.8 Å². The fourth-order valence-corrected chi connectivity index (χ4v) is 4.82. The van der Waals surface area contributed by atoms with Crippen molar-refractivity contribution in [1.29, 1.82) is 0 Å². The molecule has 2 saturated heterocycles. The first kappa shape index (κ1) is 29.2. The van der Waals surface area contributed by atoms with Gasteiger partial charge in [0.25, 0.3) is 11.1 Å². The standard InChI is InChI=1S/C26H36N4O7S/c1-26(2,3)37-24(33)27-10-7-6-8-22(31)28-17-9-11-30(15-17)18-14-20(36-5)19(35-4)12-16(18)13-21-23(32)29-25(34)38-21/h12-14,17H,6-11,15H2,1-5H3,(H,27,33)(H,28,31)(H,29,32,34)/b21-13-/t17-/m0/s1. The number of ether oxygens (including phenoxy) is 3. The van der Waals surface area contributed by atoms with Crippen molar-refractivity contribution in [3.63, 3.8) is 0 Å². The molecule has 4 amide bonds. The van der Waals surface area contributed by atoms with E-state index in [1.165, 1.54) is 7.11 Å². The smallest absolute Gasteiger partial charge is 0.407 e. The molecule has 1 aromatic carbocycles. The van der Waals surface area contributed by atoms with Gasteiger partial charge in [0.1, 0.15) is 5.60 Å². The van der Waals surface area contributed by atoms with Gasteiger partial charge in [-0.1, -0.05) is 0 Å². The van der Waals surface area contributed by atoms with Crippen molar-refractivity contribution in [2.24, 2.45) is 0 Å². The number of hydrogen-bond donors (Lipinski definition) is 3. The highest BCUT2D eigenvalue weighted by Gasteiger charge is 2.29. The van der Waals surface area contributed by atoms with Gasteiger partial charge in [0.05, 0.1) is 19.1 Å². The van der Waals surface area contributed by atoms with E-state index in [1.807, 2.05) is 6.07 Å². The second kappa shape index (κ2) is 12.9. The summed E-state index contributed by atoms with van der Waals surface area (Å²) in [5.74, 6) is 0.565. The summed E-state index contributed by atoms with van der Waals surface area (Å²) in [5, 5.41) is 7.64. The highest BCUT2D eigenvalue weighted by molar-refractivity contribution is 8.18. The molecule has 1 aromatic rings. The monoisotopic (exact) mass is 548 g/mol. The van der Waals surface area contributed by atoms with E-state index in [4.69, 9.17) is 14.2 Å². The molecule has 0 saturated carbocycles. The normalized spacial score (nSPS) is 18.4. The van der Waals surface area contributed by atoms with Crippen molar-refractivity contribution in [2.75, 3.05) is 38.8 Å². The Morgan fingerprint density at radius 1 is 1.16 bits per heavy atom. The van der Waals surface area contributed by atoms with E-state index < -0.39 is 22.8 Å². The number of rotatable bonds is 10. The zero-order chi connectivity index (χ0) is 27.9. The number of methoxy groups -OCH3 is 2. The number of benzene rings is 1. The van der Waals surface area contributed by atoms with Gasteiger partial charge in [-0.15, -0.1) is 0 Å². The van der Waals surface area contributed by atoms with E-state index >= 15 is 0 Å². The Labute approximate surface area is 227 Å². The molecule has 208 valence electrons. The molecule has 38 heavy (non-hydrogen) atoms. The molecule has 2 heterocycles. The molecular weight excluding hydrogens is 512 g/mol. The second-order valence-electron chi connectivity index (χ2n) is 10.0. The molecular formula is C26H36N4O7S. The van der Waals surface area contributed by atoms with E-state index in [1.54, 1.807) is 40.0 Å². The average molecular weight is 549 g/mol. The van der Waals surface area contributed by atoms with Gasteiger partial charge in [0.2, 0.25) is 5.91 Å². The van der Waals surface area contributed by atoms with E-state index in [2.05, 4.69) is 20.9 Å². The van der Waals surface area contributed by atoms with Gasteiger partial charge in [0, 0.05) is 49.4 Å². The molecule has 2 fully saturated rings. The van der Waals surface area contributed by atoms with Crippen LogP contribution in [0.5, 0.6) is 11.5 Å². The minimum Gasteiger partial charge on any atom is -0.493 e. The summed E-state index contributed by atoms with van der Waals surface area (Å²) >= 11 is 0.851. The maximum Gasteiger partial charge on any atom is 0.407 e. The maximum absolute atomic E-state index is 12.5. The van der Waals surface area contributed by atoms with Crippen molar-refractivity contribution in [3.05, 3.63) is 22.6 Å². The Bertz CT molecular complexity index is 1100. The fourth-order valence-electron chi connectivity index (χ4n) is 4.15. The molecule has 0 bridgehead atoms. The molecule has 0 spiro atoms. The Kier molecular flexibility index (Phi) is 9.90. The van der Waals surface area contributed by atoms with Crippen LogP contribution in [-0.4, -0.2) is 68.6 Å². The van der Waals surface area contributed by atoms with E-state index in [0.29, 0.717) is 60.9 Å². The van der Waals surface area contributed by atoms with Crippen molar-refractivity contribution >= 4 is 46.7 Å². The largest absolute Gasteiger partial charge is 0.493 e. The summed E-state index contributed by atoms with van der Waals surface area (Å²) in [7, 11) is 3.08. The summed E-state index contributed by atoms with van der Waals surface area (Å²) in [4.78, 5) is 50.4. The van der Waals surface area contributed by atoms with Crippen LogP contribution in [0, 0.1) is 0 Å². The summed E-state index contributed by atoms with van der Waals surface area (Å²) in [6.45, 7) is 7.13. The van der Waals surface area contributed by atoms with E-state index in [9.17, 15) is 19.2 Å². The van der Waals surface area contributed by atoms with Crippen molar-refractivity contribution in [2.45, 2.75) is 58.1 Å². The first-order valence-electron chi connectivity index (χ1n) is 12.5. The zero-order valence-electron chi connectivity index (χ0n) is 22.5. The number of hydrogen-bond acceptors (Lipinski definition) is 9. The Morgan fingerprint density at radius 3 is 2.50 bits per heavy atom. The molecule has 12 heteroatoms. The van der Waals surface area contributed by atoms with Crippen LogP contribution in [0.25, 0.3) is 6.08 Å². The second-order valence-corrected chi connectivity index (χ2v) is 11.0. The van der Waals surface area contributed by atoms with Crippen LogP contribution in [0.3, 0.4) is 0 Å². The van der Waals surface area contributed by atoms with Crippen molar-refractivity contribution in [3.8, 4) is 11.5 Å². The highest BCUT2D eigenvalue weighted by Crippen LogP contribution is 2.39. The summed E-state index contributed by atoms with van der Waals surface area (Å²) in [6, 6.07) is 3.57. The van der Waals surface area contributed by atoms with Crippen molar-refractivity contribution in [1.82, 2.24) is 16.0 Å². The third kappa shape index (κ3) is 8.30. The number of carbonyl (C=O) groups is 4. The molecule has 3 N–H and O–H groups in total. The van der Waals surface area contributed by atoms with Gasteiger partial charge < -0.3 is 29.7 Å². The topological polar surface area (TPSA) is 135 Å². The minimum absolute atomic E-state index is 0.0401. The van der Waals surface area contributed by atoms with Crippen LogP contribution < -0.4 is 30.3 Å². The number of alkyl carbamates (subject to hydrolysis) is 1. The molecule has 0 radical (unpaired) electrons. The SMILES string of the molecule is COc1cc(/C=C2\SC(=O)NC2=O)c(N2CC[C@H](NC(=O)CCCCNC(=O)OC(C)(C)C)C2)cc1OC. The molecule has 0 aromatic heterocycles. The number of carbonyl (C=O) groups excluding carboxylic acids is 4. The minimum atomic E-state index is -0.545. The van der Waals surface area contributed by atoms with Gasteiger partial charge in [-0.25, -0.2) is 4.79 Å². The number of anilines is 1. The highest BCUT2D eigenvalue weighted by atomic mass is 32.2. The van der Waals surface area contributed by atoms with E-state index in [-0.39, 0.29) is 11.9 Å². The zero-order valence-corrected chi connectivity index (χ0v) is 23.3. The van der Waals surface area contributed by atoms with Crippen LogP contribution in [0.4, 0.5) is 15.3 Å². The van der Waals surface area contributed by atoms with Gasteiger partial charge in [-0.3, -0.25) is 19.7 Å². The maximum atomic E-state index is 12.5. The predicted molar refractivity (Wildman–Crippen MR) is 146 cm³/mol. The summed E-state index contributed by atoms with van der Waals surface area (Å²) in [5.41, 5.74) is 0.976. The van der Waals surface area contributed by atoms with Gasteiger partial charge in [-0.05, 0) is 63.9 Å². The van der Waals surface area contributed by atoms with Crippen LogP contribution in [0.1, 0.15) is 52.0 Å². The molecule has 2 aliphatic rings. The van der Waals surface area contributed by atoms with Crippen molar-refractivity contribution < 1.29 is 33.4 Å². The van der Waals surface area contributed by atoms with Gasteiger partial charge in [-0.2, -0.15) is 0 Å². The number of thioether (sulfide) groups is 1. The molecule has 2 aliphatic heterocycles. The Balaban J connectivity index is 1.56. The molecule has 0 aliphatic carbocycles. The lowest BCUT2D eigenvalue weighted by molar-refractivity contribution is -0.121. The molecule has 1 atom stereocenters. The molecule has 3 rings (SSSR count). The van der Waals surface area contributed by atoms with Gasteiger partial charge in [0.15, 0.2) is 11.5 Å². The van der Waals surface area contributed by atoms with E-state index in [0.717, 1.165) is 23.9 Å². The lowest BCUT2D eigenvalue weighted by Crippen LogP contribution is -2.37. The van der Waals surface area contributed by atoms with Crippen LogP contribution in [0.15, 0.2) is 17.0 Å². The Hall–Kier alpha value is -3.41. The van der Waals surface area contributed by atoms with Crippen LogP contribution in [-0.2, 0) is 14.3 Å². The molecule has 11 nitrogen and oxygen atoms in total. The number of nitrogens with one attached hydrogen (secondary N) is 3. The summed E-state index contributed by atoms with van der Waals surface area (Å²) in [6.07, 6.45) is 3.63. The third-order valence-electron chi connectivity index (χ3n) is 5.85. The number of unbranched alkanes of at least 4 members (excludes halogenated alkanes) is 1. The quantitative estimate of drug-likeness (QED) is 0.297. The lowest BCUT2D eigenvalue weighted by atomic mass is 10.1. The third-order valence-corrected chi connectivity index (χ3v) is 6.66. The Morgan fingerprint density at radius 2 is 1.87 bits per heavy atom.